The molecular formula is C13H21N3O2. The Morgan fingerprint density at radius 1 is 1.17 bits per heavy atom. The summed E-state index contributed by atoms with van der Waals surface area (Å²) in [7, 11) is 0. The summed E-state index contributed by atoms with van der Waals surface area (Å²) in [4.78, 5) is 28.0. The fourth-order valence-corrected chi connectivity index (χ4v) is 3.36. The summed E-state index contributed by atoms with van der Waals surface area (Å²) in [6, 6.07) is 0.221. The first-order valence-electron chi connectivity index (χ1n) is 7.07. The Kier molecular flexibility index (Phi) is 3.24. The van der Waals surface area contributed by atoms with Gasteiger partial charge in [-0.1, -0.05) is 0 Å². The van der Waals surface area contributed by atoms with E-state index < -0.39 is 0 Å². The molecule has 0 aliphatic carbocycles. The van der Waals surface area contributed by atoms with Crippen LogP contribution in [0.5, 0.6) is 0 Å². The van der Waals surface area contributed by atoms with Gasteiger partial charge in [0.2, 0.25) is 11.8 Å². The molecule has 3 aliphatic heterocycles. The van der Waals surface area contributed by atoms with E-state index in [4.69, 9.17) is 0 Å². The third kappa shape index (κ3) is 2.11. The zero-order valence-electron chi connectivity index (χ0n) is 10.7. The molecule has 0 bridgehead atoms. The molecule has 3 saturated heterocycles. The Hall–Kier alpha value is -1.10. The predicted molar refractivity (Wildman–Crippen MR) is 67.0 cm³/mol. The van der Waals surface area contributed by atoms with Crippen LogP contribution in [0.1, 0.15) is 32.1 Å². The van der Waals surface area contributed by atoms with Gasteiger partial charge < -0.3 is 15.1 Å². The fourth-order valence-electron chi connectivity index (χ4n) is 3.36. The van der Waals surface area contributed by atoms with Crippen molar-refractivity contribution in [2.24, 2.45) is 0 Å². The zero-order valence-corrected chi connectivity index (χ0v) is 10.7. The maximum Gasteiger partial charge on any atom is 0.245 e. The molecule has 5 nitrogen and oxygen atoms in total. The first-order valence-corrected chi connectivity index (χ1v) is 7.07. The Morgan fingerprint density at radius 3 is 2.83 bits per heavy atom. The molecule has 18 heavy (non-hydrogen) atoms. The summed E-state index contributed by atoms with van der Waals surface area (Å²) >= 11 is 0. The van der Waals surface area contributed by atoms with Crippen LogP contribution in [0.3, 0.4) is 0 Å². The van der Waals surface area contributed by atoms with Gasteiger partial charge >= 0.3 is 0 Å². The van der Waals surface area contributed by atoms with Crippen molar-refractivity contribution in [1.82, 2.24) is 15.1 Å². The largest absolute Gasteiger partial charge is 0.330 e. The van der Waals surface area contributed by atoms with E-state index in [2.05, 4.69) is 5.32 Å². The van der Waals surface area contributed by atoms with Gasteiger partial charge in [0.15, 0.2) is 0 Å². The van der Waals surface area contributed by atoms with Crippen molar-refractivity contribution >= 4 is 11.8 Å². The summed E-state index contributed by atoms with van der Waals surface area (Å²) in [5.41, 5.74) is 0. The van der Waals surface area contributed by atoms with Crippen LogP contribution in [0.25, 0.3) is 0 Å². The van der Waals surface area contributed by atoms with Crippen LogP contribution in [0.2, 0.25) is 0 Å². The monoisotopic (exact) mass is 251 g/mol. The zero-order chi connectivity index (χ0) is 12.5. The van der Waals surface area contributed by atoms with Gasteiger partial charge in [0.25, 0.3) is 0 Å². The molecule has 2 amide bonds. The highest BCUT2D eigenvalue weighted by atomic mass is 16.2. The van der Waals surface area contributed by atoms with Gasteiger partial charge in [0.1, 0.15) is 6.04 Å². The highest BCUT2D eigenvalue weighted by Crippen LogP contribution is 2.23. The summed E-state index contributed by atoms with van der Waals surface area (Å²) in [6.45, 7) is 2.80. The van der Waals surface area contributed by atoms with Gasteiger partial charge in [0.05, 0.1) is 6.54 Å². The predicted octanol–water partition coefficient (Wildman–Crippen LogP) is -0.0383. The molecule has 0 aromatic carbocycles. The van der Waals surface area contributed by atoms with Crippen LogP contribution in [0, 0.1) is 0 Å². The van der Waals surface area contributed by atoms with Crippen molar-refractivity contribution in [2.75, 3.05) is 26.2 Å². The van der Waals surface area contributed by atoms with Gasteiger partial charge in [-0.3, -0.25) is 9.59 Å². The van der Waals surface area contributed by atoms with Crippen molar-refractivity contribution in [2.45, 2.75) is 44.2 Å². The second-order valence-corrected chi connectivity index (χ2v) is 5.61. The molecule has 1 N–H and O–H groups in total. The summed E-state index contributed by atoms with van der Waals surface area (Å²) in [5.74, 6) is 0.306. The maximum absolute atomic E-state index is 12.4. The van der Waals surface area contributed by atoms with Crippen molar-refractivity contribution in [3.8, 4) is 0 Å². The van der Waals surface area contributed by atoms with Crippen molar-refractivity contribution in [3.63, 3.8) is 0 Å². The molecule has 0 spiro atoms. The first kappa shape index (κ1) is 12.0. The van der Waals surface area contributed by atoms with Crippen molar-refractivity contribution < 1.29 is 9.59 Å². The molecule has 3 heterocycles. The number of hydrogen-bond donors (Lipinski definition) is 1. The summed E-state index contributed by atoms with van der Waals surface area (Å²) in [6.07, 6.45) is 5.25. The highest BCUT2D eigenvalue weighted by Gasteiger charge is 2.40. The third-order valence-corrected chi connectivity index (χ3v) is 4.35. The number of rotatable bonds is 2. The number of carbonyl (C=O) groups excluding carboxylic acids is 2. The van der Waals surface area contributed by atoms with Gasteiger partial charge in [-0.2, -0.15) is 0 Å². The minimum atomic E-state index is -0.165. The highest BCUT2D eigenvalue weighted by molar-refractivity contribution is 5.95. The number of hydrogen-bond acceptors (Lipinski definition) is 3. The summed E-state index contributed by atoms with van der Waals surface area (Å²) in [5, 5.41) is 3.39. The number of nitrogens with one attached hydrogen (secondary N) is 1. The third-order valence-electron chi connectivity index (χ3n) is 4.35. The van der Waals surface area contributed by atoms with E-state index in [-0.39, 0.29) is 24.4 Å². The van der Waals surface area contributed by atoms with E-state index in [1.807, 2.05) is 0 Å². The SMILES string of the molecule is O=C1C2CCCCN2C(=O)CN1C[C@@H]1CCCN1. The molecular weight excluding hydrogens is 230 g/mol. The average Bonchev–Trinajstić information content (AvgIpc) is 2.89. The molecule has 0 aromatic rings. The molecule has 2 atom stereocenters. The number of fused-ring (bicyclic) bond motifs is 1. The molecule has 0 saturated carbocycles. The quantitative estimate of drug-likeness (QED) is 0.749. The Bertz CT molecular complexity index is 352. The lowest BCUT2D eigenvalue weighted by molar-refractivity contribution is -0.158. The molecule has 3 rings (SSSR count). The van der Waals surface area contributed by atoms with Crippen LogP contribution >= 0.6 is 0 Å². The van der Waals surface area contributed by atoms with Gasteiger partial charge in [-0.25, -0.2) is 0 Å². The minimum Gasteiger partial charge on any atom is -0.330 e. The number of carbonyl (C=O) groups is 2. The fraction of sp³-hybridized carbons (Fsp3) is 0.846. The topological polar surface area (TPSA) is 52.7 Å². The van der Waals surface area contributed by atoms with Gasteiger partial charge in [-0.15, -0.1) is 0 Å². The first-order chi connectivity index (χ1) is 8.75. The average molecular weight is 251 g/mol. The lowest BCUT2D eigenvalue weighted by Crippen LogP contribution is -2.62. The number of amides is 2. The number of nitrogens with zero attached hydrogens (tertiary/aromatic N) is 2. The van der Waals surface area contributed by atoms with Crippen LogP contribution in [-0.4, -0.2) is 59.9 Å². The van der Waals surface area contributed by atoms with Gasteiger partial charge in [0, 0.05) is 19.1 Å². The van der Waals surface area contributed by atoms with Gasteiger partial charge in [-0.05, 0) is 38.6 Å². The van der Waals surface area contributed by atoms with E-state index in [9.17, 15) is 9.59 Å². The lowest BCUT2D eigenvalue weighted by Gasteiger charge is -2.43. The Balaban J connectivity index is 1.68. The van der Waals surface area contributed by atoms with Crippen LogP contribution < -0.4 is 5.32 Å². The Labute approximate surface area is 107 Å². The van der Waals surface area contributed by atoms with Crippen LogP contribution in [0.15, 0.2) is 0 Å². The Morgan fingerprint density at radius 2 is 2.06 bits per heavy atom. The molecule has 1 unspecified atom stereocenters. The molecule has 0 aromatic heterocycles. The molecule has 5 heteroatoms. The lowest BCUT2D eigenvalue weighted by atomic mass is 9.98. The molecule has 0 radical (unpaired) electrons. The smallest absolute Gasteiger partial charge is 0.245 e. The molecule has 100 valence electrons. The van der Waals surface area contributed by atoms with E-state index in [1.54, 1.807) is 9.80 Å². The maximum atomic E-state index is 12.4. The minimum absolute atomic E-state index is 0.136. The second kappa shape index (κ2) is 4.88. The van der Waals surface area contributed by atoms with E-state index in [0.717, 1.165) is 38.8 Å². The van der Waals surface area contributed by atoms with Crippen LogP contribution in [0.4, 0.5) is 0 Å². The number of piperazine rings is 1. The van der Waals surface area contributed by atoms with E-state index >= 15 is 0 Å². The van der Waals surface area contributed by atoms with Crippen molar-refractivity contribution in [3.05, 3.63) is 0 Å². The molecule has 3 aliphatic rings. The molecule has 3 fully saturated rings. The normalized spacial score (nSPS) is 32.9. The number of piperidine rings is 1. The van der Waals surface area contributed by atoms with E-state index in [1.165, 1.54) is 6.42 Å². The van der Waals surface area contributed by atoms with Crippen molar-refractivity contribution in [1.29, 1.82) is 0 Å². The summed E-state index contributed by atoms with van der Waals surface area (Å²) < 4.78 is 0. The van der Waals surface area contributed by atoms with Crippen LogP contribution in [-0.2, 0) is 9.59 Å². The second-order valence-electron chi connectivity index (χ2n) is 5.61. The van der Waals surface area contributed by atoms with E-state index in [0.29, 0.717) is 12.6 Å². The standard InChI is InChI=1S/C13H21N3O2/c17-12-9-15(8-10-4-3-6-14-10)13(18)11-5-1-2-7-16(11)12/h10-11,14H,1-9H2/t10-,11?/m0/s1.